The summed E-state index contributed by atoms with van der Waals surface area (Å²) in [6.07, 6.45) is 6.65. The standard InChI is InChI=1S/C13H25N3O/c1-10-5-4-8-16(10)11-6-3-7-13(9-11,15-2)12(14)17/h10-11,15H,3-9H2,1-2H3,(H2,14,17). The zero-order chi connectivity index (χ0) is 12.5. The SMILES string of the molecule is CNC1(C(N)=O)CCCC(N2CCCC2C)C1. The summed E-state index contributed by atoms with van der Waals surface area (Å²) in [6.45, 7) is 3.48. The first kappa shape index (κ1) is 12.8. The fourth-order valence-corrected chi connectivity index (χ4v) is 3.60. The lowest BCUT2D eigenvalue weighted by atomic mass is 9.77. The molecule has 4 heteroatoms. The Morgan fingerprint density at radius 3 is 2.71 bits per heavy atom. The van der Waals surface area contributed by atoms with Gasteiger partial charge in [0.05, 0.1) is 5.54 Å². The van der Waals surface area contributed by atoms with Crippen LogP contribution in [0, 0.1) is 0 Å². The van der Waals surface area contributed by atoms with Crippen LogP contribution in [-0.4, -0.2) is 42.0 Å². The van der Waals surface area contributed by atoms with E-state index in [1.54, 1.807) is 0 Å². The highest BCUT2D eigenvalue weighted by Crippen LogP contribution is 2.34. The molecule has 0 aromatic rings. The molecule has 0 aromatic heterocycles. The van der Waals surface area contributed by atoms with Gasteiger partial charge in [0.15, 0.2) is 0 Å². The Labute approximate surface area is 104 Å². The van der Waals surface area contributed by atoms with Gasteiger partial charge in [-0.05, 0) is 59.0 Å². The summed E-state index contributed by atoms with van der Waals surface area (Å²) in [7, 11) is 1.86. The summed E-state index contributed by atoms with van der Waals surface area (Å²) in [5, 5.41) is 3.18. The van der Waals surface area contributed by atoms with E-state index >= 15 is 0 Å². The maximum absolute atomic E-state index is 11.7. The Kier molecular flexibility index (Phi) is 3.73. The lowest BCUT2D eigenvalue weighted by molar-refractivity contribution is -0.126. The Morgan fingerprint density at radius 1 is 1.41 bits per heavy atom. The third-order valence-electron chi connectivity index (χ3n) is 4.75. The predicted molar refractivity (Wildman–Crippen MR) is 68.6 cm³/mol. The number of nitrogens with one attached hydrogen (secondary N) is 1. The molecule has 2 aliphatic rings. The van der Waals surface area contributed by atoms with Gasteiger partial charge in [-0.2, -0.15) is 0 Å². The highest BCUT2D eigenvalue weighted by molar-refractivity contribution is 5.84. The molecule has 1 saturated carbocycles. The Balaban J connectivity index is 2.08. The van der Waals surface area contributed by atoms with Crippen LogP contribution in [0.5, 0.6) is 0 Å². The number of carbonyl (C=O) groups is 1. The van der Waals surface area contributed by atoms with E-state index in [4.69, 9.17) is 5.73 Å². The van der Waals surface area contributed by atoms with Gasteiger partial charge in [-0.15, -0.1) is 0 Å². The number of amides is 1. The molecule has 1 aliphatic carbocycles. The molecular formula is C13H25N3O. The highest BCUT2D eigenvalue weighted by atomic mass is 16.1. The molecule has 0 spiro atoms. The van der Waals surface area contributed by atoms with Crippen molar-refractivity contribution in [2.45, 2.75) is 63.1 Å². The van der Waals surface area contributed by atoms with Gasteiger partial charge in [-0.25, -0.2) is 0 Å². The molecule has 98 valence electrons. The molecule has 3 atom stereocenters. The second kappa shape index (κ2) is 4.94. The number of carbonyl (C=O) groups excluding carboxylic acids is 1. The van der Waals surface area contributed by atoms with Gasteiger partial charge in [-0.3, -0.25) is 9.69 Å². The van der Waals surface area contributed by atoms with E-state index < -0.39 is 5.54 Å². The first-order valence-corrected chi connectivity index (χ1v) is 6.83. The number of primary amides is 1. The molecule has 0 aromatic carbocycles. The number of likely N-dealkylation sites (N-methyl/N-ethyl adjacent to an activating group) is 1. The van der Waals surface area contributed by atoms with Crippen molar-refractivity contribution in [3.8, 4) is 0 Å². The van der Waals surface area contributed by atoms with Crippen molar-refractivity contribution >= 4 is 5.91 Å². The summed E-state index contributed by atoms with van der Waals surface area (Å²) >= 11 is 0. The summed E-state index contributed by atoms with van der Waals surface area (Å²) in [5.74, 6) is -0.184. The van der Waals surface area contributed by atoms with E-state index in [-0.39, 0.29) is 5.91 Å². The molecule has 2 rings (SSSR count). The van der Waals surface area contributed by atoms with Crippen molar-refractivity contribution in [3.63, 3.8) is 0 Å². The van der Waals surface area contributed by atoms with Crippen LogP contribution in [0.15, 0.2) is 0 Å². The monoisotopic (exact) mass is 239 g/mol. The summed E-state index contributed by atoms with van der Waals surface area (Å²) in [5.41, 5.74) is 5.12. The molecule has 1 saturated heterocycles. The van der Waals surface area contributed by atoms with Crippen LogP contribution >= 0.6 is 0 Å². The highest BCUT2D eigenvalue weighted by Gasteiger charge is 2.43. The number of rotatable bonds is 3. The minimum atomic E-state index is -0.467. The molecule has 1 aliphatic heterocycles. The topological polar surface area (TPSA) is 58.4 Å². The second-order valence-corrected chi connectivity index (χ2v) is 5.68. The van der Waals surface area contributed by atoms with E-state index in [0.29, 0.717) is 12.1 Å². The van der Waals surface area contributed by atoms with Crippen molar-refractivity contribution < 1.29 is 4.79 Å². The lowest BCUT2D eigenvalue weighted by Gasteiger charge is -2.43. The number of hydrogen-bond acceptors (Lipinski definition) is 3. The molecule has 2 fully saturated rings. The third kappa shape index (κ3) is 2.33. The number of nitrogens with two attached hydrogens (primary N) is 1. The second-order valence-electron chi connectivity index (χ2n) is 5.68. The lowest BCUT2D eigenvalue weighted by Crippen LogP contribution is -2.59. The smallest absolute Gasteiger partial charge is 0.237 e. The maximum atomic E-state index is 11.7. The van der Waals surface area contributed by atoms with Crippen LogP contribution in [0.3, 0.4) is 0 Å². The normalized spacial score (nSPS) is 39.4. The molecule has 0 radical (unpaired) electrons. The van der Waals surface area contributed by atoms with Crippen LogP contribution in [0.4, 0.5) is 0 Å². The van der Waals surface area contributed by atoms with Gasteiger partial charge in [0.25, 0.3) is 0 Å². The van der Waals surface area contributed by atoms with Gasteiger partial charge in [0, 0.05) is 12.1 Å². The maximum Gasteiger partial charge on any atom is 0.237 e. The van der Waals surface area contributed by atoms with Crippen molar-refractivity contribution in [1.82, 2.24) is 10.2 Å². The van der Waals surface area contributed by atoms with Crippen LogP contribution in [0.25, 0.3) is 0 Å². The van der Waals surface area contributed by atoms with Crippen LogP contribution in [0.2, 0.25) is 0 Å². The first-order chi connectivity index (χ1) is 8.09. The minimum Gasteiger partial charge on any atom is -0.368 e. The van der Waals surface area contributed by atoms with E-state index in [1.807, 2.05) is 7.05 Å². The number of likely N-dealkylation sites (tertiary alicyclic amines) is 1. The van der Waals surface area contributed by atoms with Crippen LogP contribution in [-0.2, 0) is 4.79 Å². The largest absolute Gasteiger partial charge is 0.368 e. The van der Waals surface area contributed by atoms with Gasteiger partial charge in [0.1, 0.15) is 0 Å². The molecule has 3 unspecified atom stereocenters. The fraction of sp³-hybridized carbons (Fsp3) is 0.923. The first-order valence-electron chi connectivity index (χ1n) is 6.83. The zero-order valence-corrected chi connectivity index (χ0v) is 11.0. The zero-order valence-electron chi connectivity index (χ0n) is 11.0. The van der Waals surface area contributed by atoms with E-state index in [1.165, 1.54) is 25.8 Å². The van der Waals surface area contributed by atoms with Crippen molar-refractivity contribution in [3.05, 3.63) is 0 Å². The fourth-order valence-electron chi connectivity index (χ4n) is 3.60. The molecule has 0 bridgehead atoms. The molecule has 4 nitrogen and oxygen atoms in total. The van der Waals surface area contributed by atoms with E-state index in [9.17, 15) is 4.79 Å². The molecule has 1 heterocycles. The summed E-state index contributed by atoms with van der Waals surface area (Å²) < 4.78 is 0. The van der Waals surface area contributed by atoms with Crippen molar-refractivity contribution in [2.24, 2.45) is 5.73 Å². The minimum absolute atomic E-state index is 0.184. The third-order valence-corrected chi connectivity index (χ3v) is 4.75. The van der Waals surface area contributed by atoms with Gasteiger partial charge < -0.3 is 11.1 Å². The predicted octanol–water partition coefficient (Wildman–Crippen LogP) is 0.857. The molecular weight excluding hydrogens is 214 g/mol. The number of nitrogens with zero attached hydrogens (tertiary/aromatic N) is 1. The van der Waals surface area contributed by atoms with Crippen LogP contribution < -0.4 is 11.1 Å². The number of hydrogen-bond donors (Lipinski definition) is 2. The average Bonchev–Trinajstić information content (AvgIpc) is 2.75. The van der Waals surface area contributed by atoms with Crippen LogP contribution in [0.1, 0.15) is 45.4 Å². The van der Waals surface area contributed by atoms with E-state index in [2.05, 4.69) is 17.1 Å². The van der Waals surface area contributed by atoms with Crippen molar-refractivity contribution in [1.29, 1.82) is 0 Å². The van der Waals surface area contributed by atoms with Gasteiger partial charge in [0.2, 0.25) is 5.91 Å². The molecule has 17 heavy (non-hydrogen) atoms. The van der Waals surface area contributed by atoms with Gasteiger partial charge >= 0.3 is 0 Å². The Hall–Kier alpha value is -0.610. The molecule has 1 amide bonds. The Bertz CT molecular complexity index is 294. The molecule has 3 N–H and O–H groups in total. The summed E-state index contributed by atoms with van der Waals surface area (Å²) in [6, 6.07) is 1.20. The van der Waals surface area contributed by atoms with Crippen molar-refractivity contribution in [2.75, 3.05) is 13.6 Å². The average molecular weight is 239 g/mol. The summed E-state index contributed by atoms with van der Waals surface area (Å²) in [4.78, 5) is 14.3. The van der Waals surface area contributed by atoms with E-state index in [0.717, 1.165) is 19.3 Å². The quantitative estimate of drug-likeness (QED) is 0.768. The Morgan fingerprint density at radius 2 is 2.18 bits per heavy atom. The van der Waals surface area contributed by atoms with Gasteiger partial charge in [-0.1, -0.05) is 0 Å².